The van der Waals surface area contributed by atoms with E-state index in [0.717, 1.165) is 53.7 Å². The molecular weight excluding hydrogens is 495 g/mol. The van der Waals surface area contributed by atoms with Crippen LogP contribution in [0.3, 0.4) is 0 Å². The Bertz CT molecular complexity index is 1400. The van der Waals surface area contributed by atoms with E-state index in [1.807, 2.05) is 18.7 Å². The van der Waals surface area contributed by atoms with Crippen molar-refractivity contribution in [1.29, 1.82) is 0 Å². The lowest BCUT2D eigenvalue weighted by molar-refractivity contribution is -0.126. The molecule has 2 aliphatic heterocycles. The van der Waals surface area contributed by atoms with Crippen LogP contribution >= 0.6 is 0 Å². The number of amides is 2. The first-order valence-corrected chi connectivity index (χ1v) is 13.9. The Balaban J connectivity index is 1.55. The maximum Gasteiger partial charge on any atom is 0.258 e. The third kappa shape index (κ3) is 6.03. The largest absolute Gasteiger partial charge is 0.337 e. The molecule has 0 bridgehead atoms. The molecule has 2 aromatic heterocycles. The molecule has 0 saturated carbocycles. The molecule has 39 heavy (non-hydrogen) atoms. The van der Waals surface area contributed by atoms with Gasteiger partial charge in [0, 0.05) is 50.2 Å². The Morgan fingerprint density at radius 1 is 1.13 bits per heavy atom. The van der Waals surface area contributed by atoms with Crippen LogP contribution in [0.5, 0.6) is 0 Å². The fraction of sp³-hybridized carbons (Fsp3) is 0.467. The minimum Gasteiger partial charge on any atom is -0.337 e. The number of halogens is 1. The summed E-state index contributed by atoms with van der Waals surface area (Å²) in [6, 6.07) is 7.59. The molecule has 2 aliphatic rings. The summed E-state index contributed by atoms with van der Waals surface area (Å²) in [6.45, 7) is 8.87. The number of imidazole rings is 1. The molecule has 4 heterocycles. The van der Waals surface area contributed by atoms with Crippen LogP contribution in [0.25, 0.3) is 11.0 Å². The fourth-order valence-electron chi connectivity index (χ4n) is 5.87. The van der Waals surface area contributed by atoms with Gasteiger partial charge in [-0.15, -0.1) is 0 Å². The van der Waals surface area contributed by atoms with Crippen LogP contribution in [-0.2, 0) is 11.3 Å². The topological polar surface area (TPSA) is 83.4 Å². The summed E-state index contributed by atoms with van der Waals surface area (Å²) < 4.78 is 15.9. The average Bonchev–Trinajstić information content (AvgIpc) is 3.37. The molecule has 2 atom stereocenters. The number of allylic oxidation sites excluding steroid dienone is 1. The lowest BCUT2D eigenvalue weighted by atomic mass is 10.1. The summed E-state index contributed by atoms with van der Waals surface area (Å²) in [7, 11) is 0. The number of nitrogens with one attached hydrogen (secondary N) is 1. The van der Waals surface area contributed by atoms with E-state index in [2.05, 4.69) is 38.8 Å². The molecule has 2 amide bonds. The highest BCUT2D eigenvalue weighted by molar-refractivity contribution is 6.04. The van der Waals surface area contributed by atoms with E-state index in [1.54, 1.807) is 30.5 Å². The number of likely N-dealkylation sites (tertiary alicyclic amines) is 2. The summed E-state index contributed by atoms with van der Waals surface area (Å²) in [5.74, 6) is 0.221. The predicted molar refractivity (Wildman–Crippen MR) is 150 cm³/mol. The van der Waals surface area contributed by atoms with Gasteiger partial charge in [0.1, 0.15) is 6.17 Å². The van der Waals surface area contributed by atoms with Crippen LogP contribution in [0.2, 0.25) is 0 Å². The van der Waals surface area contributed by atoms with Crippen molar-refractivity contribution in [2.75, 3.05) is 31.5 Å². The predicted octanol–water partition coefficient (Wildman–Crippen LogP) is 4.97. The molecule has 5 rings (SSSR count). The number of benzene rings is 1. The van der Waals surface area contributed by atoms with Gasteiger partial charge in [-0.25, -0.2) is 9.37 Å². The third-order valence-electron chi connectivity index (χ3n) is 7.67. The molecule has 0 aliphatic carbocycles. The number of nitrogens with zero attached hydrogens (tertiary/aromatic N) is 5. The first-order valence-electron chi connectivity index (χ1n) is 13.9. The van der Waals surface area contributed by atoms with Gasteiger partial charge in [-0.1, -0.05) is 12.1 Å². The van der Waals surface area contributed by atoms with Crippen molar-refractivity contribution in [3.8, 4) is 0 Å². The maximum absolute atomic E-state index is 13.8. The van der Waals surface area contributed by atoms with Gasteiger partial charge in [-0.2, -0.15) is 0 Å². The number of fused-ring (bicyclic) bond motifs is 1. The van der Waals surface area contributed by atoms with Crippen molar-refractivity contribution >= 4 is 28.8 Å². The number of anilines is 1. The fourth-order valence-corrected chi connectivity index (χ4v) is 5.87. The third-order valence-corrected chi connectivity index (χ3v) is 7.67. The highest BCUT2D eigenvalue weighted by Crippen LogP contribution is 2.33. The van der Waals surface area contributed by atoms with E-state index >= 15 is 0 Å². The molecule has 0 radical (unpaired) electrons. The quantitative estimate of drug-likeness (QED) is 0.453. The number of alkyl halides is 1. The van der Waals surface area contributed by atoms with E-state index in [0.29, 0.717) is 44.1 Å². The standard InChI is InChI=1S/C30H37FN6O2/c1-4-7-27(38)36-12-6-5-8-25(19-36)37-28-20(2)14-22(17-35-13-10-24(31)18-35)16-26(28)33-30(37)34-29(39)23-9-11-32-21(3)15-23/h4,7,9,11,14-16,24-25H,5-6,8,10,12-13,17-19H2,1-3H3,(H,33,34,39)/t24-,25+/m0/s1. The summed E-state index contributed by atoms with van der Waals surface area (Å²) in [6.07, 6.45) is 7.58. The minimum absolute atomic E-state index is 0.00227. The van der Waals surface area contributed by atoms with E-state index in [9.17, 15) is 14.0 Å². The molecule has 3 aromatic rings. The second-order valence-electron chi connectivity index (χ2n) is 10.8. The van der Waals surface area contributed by atoms with Crippen molar-refractivity contribution in [3.63, 3.8) is 0 Å². The van der Waals surface area contributed by atoms with Gasteiger partial charge in [-0.05, 0) is 81.9 Å². The van der Waals surface area contributed by atoms with E-state index in [-0.39, 0.29) is 17.9 Å². The normalized spacial score (nSPS) is 20.6. The number of rotatable bonds is 6. The summed E-state index contributed by atoms with van der Waals surface area (Å²) in [5, 5.41) is 3.06. The van der Waals surface area contributed by atoms with Crippen molar-refractivity contribution in [1.82, 2.24) is 24.3 Å². The zero-order chi connectivity index (χ0) is 27.5. The molecule has 1 aromatic carbocycles. The Kier molecular flexibility index (Phi) is 8.07. The van der Waals surface area contributed by atoms with Crippen LogP contribution in [-0.4, -0.2) is 68.5 Å². The Labute approximate surface area is 228 Å². The Morgan fingerprint density at radius 2 is 1.97 bits per heavy atom. The van der Waals surface area contributed by atoms with Crippen molar-refractivity contribution in [2.24, 2.45) is 0 Å². The zero-order valence-corrected chi connectivity index (χ0v) is 23.0. The van der Waals surface area contributed by atoms with Gasteiger partial charge < -0.3 is 9.47 Å². The first kappa shape index (κ1) is 27.0. The number of hydrogen-bond donors (Lipinski definition) is 1. The second kappa shape index (κ2) is 11.7. The summed E-state index contributed by atoms with van der Waals surface area (Å²) in [5.41, 5.74) is 5.14. The first-order chi connectivity index (χ1) is 18.8. The number of pyridine rings is 1. The molecule has 2 fully saturated rings. The van der Waals surface area contributed by atoms with Gasteiger partial charge in [0.05, 0.1) is 17.1 Å². The number of aromatic nitrogens is 3. The van der Waals surface area contributed by atoms with Crippen LogP contribution in [0.4, 0.5) is 10.3 Å². The highest BCUT2D eigenvalue weighted by atomic mass is 19.1. The minimum atomic E-state index is -0.767. The molecule has 9 heteroatoms. The molecular formula is C30H37FN6O2. The van der Waals surface area contributed by atoms with Crippen molar-refractivity contribution in [2.45, 2.75) is 65.2 Å². The molecule has 0 spiro atoms. The van der Waals surface area contributed by atoms with Gasteiger partial charge in [0.2, 0.25) is 11.9 Å². The second-order valence-corrected chi connectivity index (χ2v) is 10.8. The summed E-state index contributed by atoms with van der Waals surface area (Å²) >= 11 is 0. The number of hydrogen-bond acceptors (Lipinski definition) is 5. The number of carbonyl (C=O) groups is 2. The SMILES string of the molecule is CC=CC(=O)N1CCCC[C@@H](n2c(NC(=O)c3ccnc(C)c3)nc3cc(CN4CC[C@H](F)C4)cc(C)c32)C1. The van der Waals surface area contributed by atoms with Gasteiger partial charge in [0.15, 0.2) is 0 Å². The van der Waals surface area contributed by atoms with Crippen LogP contribution in [0.1, 0.15) is 65.8 Å². The molecule has 8 nitrogen and oxygen atoms in total. The molecule has 2 saturated heterocycles. The van der Waals surface area contributed by atoms with Crippen molar-refractivity contribution in [3.05, 3.63) is 65.0 Å². The van der Waals surface area contributed by atoms with Crippen LogP contribution in [0, 0.1) is 13.8 Å². The Morgan fingerprint density at radius 3 is 2.72 bits per heavy atom. The zero-order valence-electron chi connectivity index (χ0n) is 23.0. The van der Waals surface area contributed by atoms with Crippen LogP contribution < -0.4 is 5.32 Å². The lowest BCUT2D eigenvalue weighted by Crippen LogP contribution is -2.34. The smallest absolute Gasteiger partial charge is 0.258 e. The molecule has 206 valence electrons. The maximum atomic E-state index is 13.8. The molecule has 0 unspecified atom stereocenters. The number of carbonyl (C=O) groups excluding carboxylic acids is 2. The van der Waals surface area contributed by atoms with Gasteiger partial charge in [0.25, 0.3) is 5.91 Å². The van der Waals surface area contributed by atoms with Gasteiger partial charge in [-0.3, -0.25) is 24.8 Å². The lowest BCUT2D eigenvalue weighted by Gasteiger charge is -2.26. The van der Waals surface area contributed by atoms with E-state index in [4.69, 9.17) is 4.98 Å². The summed E-state index contributed by atoms with van der Waals surface area (Å²) in [4.78, 5) is 39.3. The molecule has 1 N–H and O–H groups in total. The van der Waals surface area contributed by atoms with E-state index < -0.39 is 6.17 Å². The van der Waals surface area contributed by atoms with Gasteiger partial charge >= 0.3 is 0 Å². The monoisotopic (exact) mass is 532 g/mol. The van der Waals surface area contributed by atoms with Crippen LogP contribution in [0.15, 0.2) is 42.6 Å². The highest BCUT2D eigenvalue weighted by Gasteiger charge is 2.28. The van der Waals surface area contributed by atoms with Crippen molar-refractivity contribution < 1.29 is 14.0 Å². The number of aryl methyl sites for hydroxylation is 2. The van der Waals surface area contributed by atoms with E-state index in [1.165, 1.54) is 0 Å². The average molecular weight is 533 g/mol. The Hall–Kier alpha value is -3.59.